The molecule has 0 spiro atoms. The standard InChI is InChI=1S/C11H16N4O4/c1-8-13-9(15(18)19)5-14(8)6-10(16)12-7-11(17)3-2-4-11/h5,17H,2-4,6-7H2,1H3,(H,12,16). The highest BCUT2D eigenvalue weighted by Crippen LogP contribution is 2.30. The Balaban J connectivity index is 1.89. The van der Waals surface area contributed by atoms with Crippen LogP contribution in [0.5, 0.6) is 0 Å². The van der Waals surface area contributed by atoms with E-state index in [1.54, 1.807) is 6.92 Å². The second-order valence-electron chi connectivity index (χ2n) is 4.89. The molecule has 1 aromatic rings. The maximum absolute atomic E-state index is 11.7. The molecular formula is C11H16N4O4. The predicted octanol–water partition coefficient (Wildman–Crippen LogP) is 0.131. The van der Waals surface area contributed by atoms with Crippen molar-refractivity contribution in [3.8, 4) is 0 Å². The molecular weight excluding hydrogens is 252 g/mol. The molecule has 2 N–H and O–H groups in total. The summed E-state index contributed by atoms with van der Waals surface area (Å²) >= 11 is 0. The number of aryl methyl sites for hydroxylation is 1. The van der Waals surface area contributed by atoms with Crippen LogP contribution >= 0.6 is 0 Å². The molecule has 0 aliphatic heterocycles. The highest BCUT2D eigenvalue weighted by Gasteiger charge is 2.34. The second-order valence-corrected chi connectivity index (χ2v) is 4.89. The smallest absolute Gasteiger partial charge is 0.381 e. The molecule has 1 heterocycles. The van der Waals surface area contributed by atoms with Crippen LogP contribution in [0, 0.1) is 17.0 Å². The van der Waals surface area contributed by atoms with E-state index in [0.717, 1.165) is 6.42 Å². The lowest BCUT2D eigenvalue weighted by atomic mass is 9.80. The lowest BCUT2D eigenvalue weighted by Gasteiger charge is -2.36. The highest BCUT2D eigenvalue weighted by molar-refractivity contribution is 5.75. The Hall–Kier alpha value is -1.96. The molecule has 8 nitrogen and oxygen atoms in total. The summed E-state index contributed by atoms with van der Waals surface area (Å²) < 4.78 is 1.41. The van der Waals surface area contributed by atoms with Crippen LogP contribution in [0.2, 0.25) is 0 Å². The first-order chi connectivity index (χ1) is 8.89. The maximum Gasteiger partial charge on any atom is 0.381 e. The number of carbonyl (C=O) groups excluding carboxylic acids is 1. The average molecular weight is 268 g/mol. The van der Waals surface area contributed by atoms with Gasteiger partial charge in [-0.2, -0.15) is 0 Å². The first-order valence-corrected chi connectivity index (χ1v) is 6.07. The molecule has 1 aliphatic carbocycles. The molecule has 1 fully saturated rings. The minimum atomic E-state index is -0.772. The van der Waals surface area contributed by atoms with Crippen LogP contribution in [0.4, 0.5) is 5.82 Å². The van der Waals surface area contributed by atoms with Crippen molar-refractivity contribution in [3.63, 3.8) is 0 Å². The highest BCUT2D eigenvalue weighted by atomic mass is 16.6. The summed E-state index contributed by atoms with van der Waals surface area (Å²) in [4.78, 5) is 25.4. The third-order valence-corrected chi connectivity index (χ3v) is 3.36. The predicted molar refractivity (Wildman–Crippen MR) is 65.4 cm³/mol. The van der Waals surface area contributed by atoms with E-state index in [0.29, 0.717) is 18.7 Å². The van der Waals surface area contributed by atoms with Crippen molar-refractivity contribution < 1.29 is 14.8 Å². The molecule has 2 rings (SSSR count). The van der Waals surface area contributed by atoms with Gasteiger partial charge in [-0.1, -0.05) is 0 Å². The fourth-order valence-electron chi connectivity index (χ4n) is 1.98. The molecule has 19 heavy (non-hydrogen) atoms. The van der Waals surface area contributed by atoms with Crippen molar-refractivity contribution in [3.05, 3.63) is 22.1 Å². The van der Waals surface area contributed by atoms with E-state index >= 15 is 0 Å². The van der Waals surface area contributed by atoms with E-state index in [4.69, 9.17) is 0 Å². The van der Waals surface area contributed by atoms with E-state index in [9.17, 15) is 20.0 Å². The number of hydrogen-bond acceptors (Lipinski definition) is 5. The number of hydrogen-bond donors (Lipinski definition) is 2. The summed E-state index contributed by atoms with van der Waals surface area (Å²) in [5.74, 6) is -0.164. The van der Waals surface area contributed by atoms with Gasteiger partial charge in [0.25, 0.3) is 0 Å². The van der Waals surface area contributed by atoms with E-state index in [1.807, 2.05) is 0 Å². The van der Waals surface area contributed by atoms with Gasteiger partial charge in [0.2, 0.25) is 11.7 Å². The van der Waals surface area contributed by atoms with Gasteiger partial charge in [-0.05, 0) is 29.2 Å². The van der Waals surface area contributed by atoms with E-state index in [1.165, 1.54) is 10.8 Å². The van der Waals surface area contributed by atoms with Gasteiger partial charge in [0.1, 0.15) is 12.7 Å². The normalized spacial score (nSPS) is 16.7. The molecule has 1 aromatic heterocycles. The fourth-order valence-corrected chi connectivity index (χ4v) is 1.98. The molecule has 1 saturated carbocycles. The minimum Gasteiger partial charge on any atom is -0.388 e. The van der Waals surface area contributed by atoms with Crippen LogP contribution in [0.1, 0.15) is 25.1 Å². The van der Waals surface area contributed by atoms with Crippen LogP contribution < -0.4 is 5.32 Å². The van der Waals surface area contributed by atoms with Gasteiger partial charge in [-0.25, -0.2) is 0 Å². The van der Waals surface area contributed by atoms with E-state index < -0.39 is 10.5 Å². The van der Waals surface area contributed by atoms with Gasteiger partial charge in [-0.15, -0.1) is 0 Å². The quantitative estimate of drug-likeness (QED) is 0.582. The summed E-state index contributed by atoms with van der Waals surface area (Å²) in [7, 11) is 0. The van der Waals surface area contributed by atoms with Crippen molar-refractivity contribution in [2.45, 2.75) is 38.3 Å². The zero-order valence-electron chi connectivity index (χ0n) is 10.6. The van der Waals surface area contributed by atoms with Crippen LogP contribution in [-0.4, -0.2) is 37.6 Å². The van der Waals surface area contributed by atoms with Gasteiger partial charge in [0, 0.05) is 13.5 Å². The van der Waals surface area contributed by atoms with Gasteiger partial charge >= 0.3 is 5.82 Å². The van der Waals surface area contributed by atoms with Crippen LogP contribution in [-0.2, 0) is 11.3 Å². The molecule has 0 bridgehead atoms. The molecule has 0 radical (unpaired) electrons. The molecule has 0 aromatic carbocycles. The topological polar surface area (TPSA) is 110 Å². The monoisotopic (exact) mass is 268 g/mol. The Morgan fingerprint density at radius 1 is 1.68 bits per heavy atom. The summed E-state index contributed by atoms with van der Waals surface area (Å²) in [6, 6.07) is 0. The lowest BCUT2D eigenvalue weighted by Crippen LogP contribution is -2.48. The molecule has 104 valence electrons. The molecule has 0 atom stereocenters. The first kappa shape index (κ1) is 13.5. The Kier molecular flexibility index (Phi) is 3.52. The fraction of sp³-hybridized carbons (Fsp3) is 0.636. The SMILES string of the molecule is Cc1nc([N+](=O)[O-])cn1CC(=O)NCC1(O)CCC1. The summed E-state index contributed by atoms with van der Waals surface area (Å²) in [5.41, 5.74) is -0.772. The largest absolute Gasteiger partial charge is 0.388 e. The van der Waals surface area contributed by atoms with Crippen LogP contribution in [0.25, 0.3) is 0 Å². The number of aliphatic hydroxyl groups is 1. The van der Waals surface area contributed by atoms with Crippen molar-refractivity contribution in [2.75, 3.05) is 6.54 Å². The van der Waals surface area contributed by atoms with E-state index in [2.05, 4.69) is 10.3 Å². The molecule has 0 saturated heterocycles. The number of aromatic nitrogens is 2. The van der Waals surface area contributed by atoms with Crippen molar-refractivity contribution in [1.29, 1.82) is 0 Å². The summed E-state index contributed by atoms with van der Waals surface area (Å²) in [6.45, 7) is 1.78. The second kappa shape index (κ2) is 4.96. The Morgan fingerprint density at radius 3 is 2.84 bits per heavy atom. The molecule has 8 heteroatoms. The molecule has 1 aliphatic rings. The number of amides is 1. The maximum atomic E-state index is 11.7. The lowest BCUT2D eigenvalue weighted by molar-refractivity contribution is -0.389. The number of carbonyl (C=O) groups is 1. The average Bonchev–Trinajstić information content (AvgIpc) is 2.66. The number of rotatable bonds is 5. The zero-order chi connectivity index (χ0) is 14.0. The zero-order valence-corrected chi connectivity index (χ0v) is 10.6. The van der Waals surface area contributed by atoms with Gasteiger partial charge in [0.15, 0.2) is 0 Å². The van der Waals surface area contributed by atoms with Crippen LogP contribution in [0.15, 0.2) is 6.20 Å². The minimum absolute atomic E-state index is 0.0389. The Bertz CT molecular complexity index is 507. The number of nitrogens with one attached hydrogen (secondary N) is 1. The number of imidazole rings is 1. The Morgan fingerprint density at radius 2 is 2.37 bits per heavy atom. The van der Waals surface area contributed by atoms with Crippen LogP contribution in [0.3, 0.4) is 0 Å². The van der Waals surface area contributed by atoms with Crippen molar-refractivity contribution >= 4 is 11.7 Å². The summed E-state index contributed by atoms with van der Waals surface area (Å²) in [5, 5.41) is 23.0. The number of nitro groups is 1. The summed E-state index contributed by atoms with van der Waals surface area (Å²) in [6.07, 6.45) is 3.60. The molecule has 0 unspecified atom stereocenters. The van der Waals surface area contributed by atoms with E-state index in [-0.39, 0.29) is 24.8 Å². The van der Waals surface area contributed by atoms with Crippen molar-refractivity contribution in [1.82, 2.24) is 14.9 Å². The van der Waals surface area contributed by atoms with Gasteiger partial charge < -0.3 is 20.5 Å². The van der Waals surface area contributed by atoms with Crippen molar-refractivity contribution in [2.24, 2.45) is 0 Å². The third kappa shape index (κ3) is 3.08. The Labute approximate surface area is 109 Å². The first-order valence-electron chi connectivity index (χ1n) is 6.07. The number of nitrogens with zero attached hydrogens (tertiary/aromatic N) is 3. The molecule has 1 amide bonds. The van der Waals surface area contributed by atoms with Gasteiger partial charge in [0.05, 0.1) is 5.60 Å². The third-order valence-electron chi connectivity index (χ3n) is 3.36. The van der Waals surface area contributed by atoms with Gasteiger partial charge in [-0.3, -0.25) is 9.36 Å².